The molecule has 194 valence electrons. The monoisotopic (exact) mass is 532 g/mol. The Morgan fingerprint density at radius 1 is 1.29 bits per heavy atom. The van der Waals surface area contributed by atoms with Crippen LogP contribution < -0.4 is 5.32 Å². The van der Waals surface area contributed by atoms with Crippen molar-refractivity contribution in [3.63, 3.8) is 0 Å². The van der Waals surface area contributed by atoms with Crippen LogP contribution in [0.5, 0.6) is 0 Å². The lowest BCUT2D eigenvalue weighted by Gasteiger charge is -2.35. The van der Waals surface area contributed by atoms with Gasteiger partial charge in [-0.2, -0.15) is 8.78 Å². The van der Waals surface area contributed by atoms with Crippen LogP contribution in [0.15, 0.2) is 24.3 Å². The molecule has 0 saturated carbocycles. The van der Waals surface area contributed by atoms with Crippen molar-refractivity contribution in [2.45, 2.75) is 64.9 Å². The van der Waals surface area contributed by atoms with Crippen molar-refractivity contribution in [1.82, 2.24) is 10.2 Å². The highest BCUT2D eigenvalue weighted by atomic mass is 32.1. The normalized spacial score (nSPS) is 20.3. The van der Waals surface area contributed by atoms with E-state index in [0.717, 1.165) is 23.5 Å². The third kappa shape index (κ3) is 5.59. The molecule has 1 fully saturated rings. The third-order valence-corrected chi connectivity index (χ3v) is 8.29. The number of carbonyl (C=O) groups excluding carboxylic acids is 2. The van der Waals surface area contributed by atoms with Crippen molar-refractivity contribution < 1.29 is 37.5 Å². The number of fused-ring (bicyclic) bond motifs is 1. The van der Waals surface area contributed by atoms with Crippen molar-refractivity contribution >= 4 is 40.8 Å². The van der Waals surface area contributed by atoms with Gasteiger partial charge in [0.15, 0.2) is 0 Å². The fraction of sp³-hybridized carbons (Fsp3) is 0.565. The Balaban J connectivity index is 1.85. The first-order valence-electron chi connectivity index (χ1n) is 11.3. The van der Waals surface area contributed by atoms with Crippen molar-refractivity contribution in [3.8, 4) is 0 Å². The predicted octanol–water partition coefficient (Wildman–Crippen LogP) is 4.30. The number of likely N-dealkylation sites (tertiary alicyclic amines) is 1. The summed E-state index contributed by atoms with van der Waals surface area (Å²) in [5.74, 6) is -0.749. The molecule has 0 aliphatic carbocycles. The summed E-state index contributed by atoms with van der Waals surface area (Å²) < 4.78 is 45.6. The highest BCUT2D eigenvalue weighted by molar-refractivity contribution is 7.52. The Morgan fingerprint density at radius 3 is 2.51 bits per heavy atom. The molecule has 12 heteroatoms. The molecule has 1 aliphatic heterocycles. The van der Waals surface area contributed by atoms with E-state index in [2.05, 4.69) is 5.32 Å². The van der Waals surface area contributed by atoms with Crippen LogP contribution in [0.1, 0.15) is 56.3 Å². The predicted molar refractivity (Wildman–Crippen MR) is 130 cm³/mol. The number of hydrogen-bond donors (Lipinski definition) is 3. The van der Waals surface area contributed by atoms with E-state index in [1.54, 1.807) is 4.90 Å². The molecule has 2 aromatic rings. The van der Waals surface area contributed by atoms with E-state index < -0.39 is 36.2 Å². The fourth-order valence-electron chi connectivity index (χ4n) is 4.19. The van der Waals surface area contributed by atoms with Crippen LogP contribution in [0.4, 0.5) is 8.78 Å². The number of rotatable bonds is 7. The molecule has 2 amide bonds. The molecule has 0 spiro atoms. The van der Waals surface area contributed by atoms with Gasteiger partial charge in [-0.05, 0) is 49.3 Å². The molecule has 35 heavy (non-hydrogen) atoms. The first kappa shape index (κ1) is 27.7. The van der Waals surface area contributed by atoms with Crippen LogP contribution in [0.25, 0.3) is 10.1 Å². The zero-order chi connectivity index (χ0) is 26.3. The van der Waals surface area contributed by atoms with Gasteiger partial charge in [0, 0.05) is 23.4 Å². The molecule has 8 nitrogen and oxygen atoms in total. The van der Waals surface area contributed by atoms with Crippen LogP contribution >= 0.6 is 18.9 Å². The van der Waals surface area contributed by atoms with Crippen LogP contribution in [-0.2, 0) is 19.8 Å². The number of halogens is 2. The van der Waals surface area contributed by atoms with Gasteiger partial charge in [-0.1, -0.05) is 26.8 Å². The smallest absolute Gasteiger partial charge is 0.376 e. The molecule has 3 N–H and O–H groups in total. The Bertz CT molecular complexity index is 1160. The molecular weight excluding hydrogens is 501 g/mol. The van der Waals surface area contributed by atoms with Crippen molar-refractivity contribution in [2.24, 2.45) is 5.41 Å². The summed E-state index contributed by atoms with van der Waals surface area (Å²) in [6, 6.07) is 3.60. The highest BCUT2D eigenvalue weighted by Crippen LogP contribution is 2.59. The van der Waals surface area contributed by atoms with Crippen molar-refractivity contribution in [2.75, 3.05) is 13.2 Å². The Morgan fingerprint density at radius 2 is 1.94 bits per heavy atom. The van der Waals surface area contributed by atoms with Crippen molar-refractivity contribution in [3.05, 3.63) is 34.7 Å². The molecule has 0 bridgehead atoms. The highest BCUT2D eigenvalue weighted by Gasteiger charge is 2.50. The fourth-order valence-corrected chi connectivity index (χ4v) is 5.61. The van der Waals surface area contributed by atoms with Crippen molar-refractivity contribution in [1.29, 1.82) is 0 Å². The van der Waals surface area contributed by atoms with Gasteiger partial charge in [0.2, 0.25) is 5.91 Å². The molecule has 0 radical (unpaired) electrons. The van der Waals surface area contributed by atoms with E-state index in [-0.39, 0.29) is 28.3 Å². The van der Waals surface area contributed by atoms with E-state index in [1.807, 2.05) is 34.6 Å². The van der Waals surface area contributed by atoms with E-state index in [4.69, 9.17) is 14.5 Å². The molecule has 1 aliphatic rings. The largest absolute Gasteiger partial charge is 0.399 e. The van der Waals surface area contributed by atoms with Gasteiger partial charge in [0.25, 0.3) is 5.91 Å². The van der Waals surface area contributed by atoms with Gasteiger partial charge in [-0.3, -0.25) is 14.2 Å². The SMILES string of the molecule is CCO[C@@H]1CCN(C(=O)[C@@H](NC(=O)c2cc3cc(C(F)(F)P(=O)(O)O)ccc3s2)C(C)(C)C)[C@@H]1C. The van der Waals surface area contributed by atoms with Gasteiger partial charge in [0.05, 0.1) is 17.0 Å². The molecule has 2 heterocycles. The summed E-state index contributed by atoms with van der Waals surface area (Å²) in [5, 5.41) is 3.06. The molecule has 1 saturated heterocycles. The maximum absolute atomic E-state index is 14.1. The number of nitrogens with one attached hydrogen (secondary N) is 1. The van der Waals surface area contributed by atoms with E-state index in [9.17, 15) is 22.9 Å². The van der Waals surface area contributed by atoms with E-state index >= 15 is 0 Å². The van der Waals surface area contributed by atoms with E-state index in [0.29, 0.717) is 24.3 Å². The average molecular weight is 533 g/mol. The maximum Gasteiger partial charge on any atom is 0.399 e. The molecular formula is C23H31F2N2O6PS. The summed E-state index contributed by atoms with van der Waals surface area (Å²) in [6.45, 7) is 10.4. The first-order valence-corrected chi connectivity index (χ1v) is 13.7. The number of benzene rings is 1. The van der Waals surface area contributed by atoms with Gasteiger partial charge >= 0.3 is 13.3 Å². The minimum atomic E-state index is -5.71. The summed E-state index contributed by atoms with van der Waals surface area (Å²) in [6.07, 6.45) is 0.645. The zero-order valence-electron chi connectivity index (χ0n) is 20.2. The molecule has 1 aromatic heterocycles. The van der Waals surface area contributed by atoms with Crippen LogP contribution in [-0.4, -0.2) is 57.8 Å². The third-order valence-electron chi connectivity index (χ3n) is 6.19. The number of carbonyl (C=O) groups is 2. The second kappa shape index (κ2) is 9.86. The number of ether oxygens (including phenoxy) is 1. The average Bonchev–Trinajstić information content (AvgIpc) is 3.33. The van der Waals surface area contributed by atoms with Crippen LogP contribution in [0.2, 0.25) is 0 Å². The number of hydrogen-bond acceptors (Lipinski definition) is 5. The summed E-state index contributed by atoms with van der Waals surface area (Å²) >= 11 is 1.04. The Hall–Kier alpha value is -1.91. The Kier molecular flexibility index (Phi) is 7.80. The van der Waals surface area contributed by atoms with Crippen LogP contribution in [0.3, 0.4) is 0 Å². The van der Waals surface area contributed by atoms with Gasteiger partial charge in [-0.25, -0.2) is 0 Å². The number of nitrogens with zero attached hydrogens (tertiary/aromatic N) is 1. The lowest BCUT2D eigenvalue weighted by molar-refractivity contribution is -0.137. The lowest BCUT2D eigenvalue weighted by Crippen LogP contribution is -2.56. The summed E-state index contributed by atoms with van der Waals surface area (Å²) in [5.41, 5.74) is -5.79. The first-order chi connectivity index (χ1) is 16.1. The van der Waals surface area contributed by atoms with Gasteiger partial charge in [-0.15, -0.1) is 11.3 Å². The second-order valence-corrected chi connectivity index (χ2v) is 12.5. The minimum Gasteiger partial charge on any atom is -0.376 e. The topological polar surface area (TPSA) is 116 Å². The summed E-state index contributed by atoms with van der Waals surface area (Å²) in [4.78, 5) is 46.5. The number of thiophene rings is 1. The molecule has 3 atom stereocenters. The minimum absolute atomic E-state index is 0.0664. The molecule has 3 rings (SSSR count). The zero-order valence-corrected chi connectivity index (χ0v) is 22.0. The second-order valence-electron chi connectivity index (χ2n) is 9.78. The van der Waals surface area contributed by atoms with Crippen LogP contribution in [0, 0.1) is 5.41 Å². The summed E-state index contributed by atoms with van der Waals surface area (Å²) in [7, 11) is -5.71. The van der Waals surface area contributed by atoms with Gasteiger partial charge in [0.1, 0.15) is 6.04 Å². The standard InChI is InChI=1S/C23H31F2N2O6PS/c1-6-33-16-9-10-27(13(16)2)21(29)19(22(3,4)5)26-20(28)18-12-14-11-15(7-8-17(14)35-18)23(24,25)34(30,31)32/h7-8,11-13,16,19H,6,9-10H2,1-5H3,(H,26,28)(H2,30,31,32)/t13-,16-,19-/m1/s1. The van der Waals surface area contributed by atoms with E-state index in [1.165, 1.54) is 12.1 Å². The maximum atomic E-state index is 14.1. The number of alkyl halides is 2. The number of amides is 2. The lowest BCUT2D eigenvalue weighted by atomic mass is 9.85. The Labute approximate surface area is 206 Å². The van der Waals surface area contributed by atoms with Gasteiger partial charge < -0.3 is 24.7 Å². The quantitative estimate of drug-likeness (QED) is 0.458. The molecule has 1 aromatic carbocycles. The molecule has 0 unspecified atom stereocenters.